The van der Waals surface area contributed by atoms with Gasteiger partial charge in [-0.2, -0.15) is 5.10 Å². The van der Waals surface area contributed by atoms with E-state index in [1.807, 2.05) is 6.20 Å². The first-order valence-electron chi connectivity index (χ1n) is 7.77. The molecular weight excluding hydrogens is 236 g/mol. The third-order valence-electron chi connectivity index (χ3n) is 4.28. The van der Waals surface area contributed by atoms with Gasteiger partial charge in [-0.3, -0.25) is 9.58 Å². The maximum atomic E-state index is 6.06. The van der Waals surface area contributed by atoms with Crippen LogP contribution in [-0.2, 0) is 6.54 Å². The van der Waals surface area contributed by atoms with Crippen molar-refractivity contribution < 1.29 is 0 Å². The number of nitrogens with two attached hydrogens (primary N) is 1. The maximum absolute atomic E-state index is 6.06. The van der Waals surface area contributed by atoms with Crippen molar-refractivity contribution in [2.24, 2.45) is 11.7 Å². The third kappa shape index (κ3) is 3.18. The minimum Gasteiger partial charge on any atom is -0.330 e. The lowest BCUT2D eigenvalue weighted by Crippen LogP contribution is -2.37. The van der Waals surface area contributed by atoms with Gasteiger partial charge in [0.15, 0.2) is 0 Å². The van der Waals surface area contributed by atoms with E-state index in [1.165, 1.54) is 37.9 Å². The molecule has 0 amide bonds. The largest absolute Gasteiger partial charge is 0.330 e. The number of nitrogens with zero attached hydrogens (tertiary/aromatic N) is 3. The molecule has 1 aromatic heterocycles. The van der Waals surface area contributed by atoms with Crippen LogP contribution in [0.1, 0.15) is 51.3 Å². The van der Waals surface area contributed by atoms with Gasteiger partial charge in [0.05, 0.1) is 11.7 Å². The van der Waals surface area contributed by atoms with Crippen LogP contribution in [0.4, 0.5) is 0 Å². The molecule has 1 aromatic rings. The molecule has 2 rings (SSSR count). The van der Waals surface area contributed by atoms with Crippen molar-refractivity contribution in [2.45, 2.75) is 52.1 Å². The topological polar surface area (TPSA) is 47.1 Å². The lowest BCUT2D eigenvalue weighted by atomic mass is 9.92. The molecule has 2 unspecified atom stereocenters. The van der Waals surface area contributed by atoms with Crippen LogP contribution in [0.3, 0.4) is 0 Å². The van der Waals surface area contributed by atoms with Gasteiger partial charge in [0, 0.05) is 12.7 Å². The maximum Gasteiger partial charge on any atom is 0.0559 e. The Morgan fingerprint density at radius 1 is 1.37 bits per heavy atom. The highest BCUT2D eigenvalue weighted by molar-refractivity contribution is 5.10. The fourth-order valence-electron chi connectivity index (χ4n) is 3.39. The van der Waals surface area contributed by atoms with Crippen molar-refractivity contribution in [3.05, 3.63) is 18.0 Å². The number of hydrogen-bond donors (Lipinski definition) is 1. The van der Waals surface area contributed by atoms with E-state index in [2.05, 4.69) is 34.6 Å². The molecule has 0 aliphatic carbocycles. The Hall–Kier alpha value is -0.870. The smallest absolute Gasteiger partial charge is 0.0559 e. The van der Waals surface area contributed by atoms with E-state index in [9.17, 15) is 0 Å². The monoisotopic (exact) mass is 264 g/mol. The van der Waals surface area contributed by atoms with Crippen LogP contribution in [0.5, 0.6) is 0 Å². The quantitative estimate of drug-likeness (QED) is 0.888. The van der Waals surface area contributed by atoms with Crippen molar-refractivity contribution in [3.63, 3.8) is 0 Å². The van der Waals surface area contributed by atoms with E-state index < -0.39 is 0 Å². The van der Waals surface area contributed by atoms with Gasteiger partial charge in [0.1, 0.15) is 0 Å². The van der Waals surface area contributed by atoms with Crippen molar-refractivity contribution in [3.8, 4) is 0 Å². The molecule has 2 heterocycles. The van der Waals surface area contributed by atoms with Crippen molar-refractivity contribution in [2.75, 3.05) is 19.6 Å². The molecule has 4 heteroatoms. The molecule has 0 bridgehead atoms. The molecule has 4 nitrogen and oxygen atoms in total. The number of hydrogen-bond acceptors (Lipinski definition) is 3. The average molecular weight is 264 g/mol. The van der Waals surface area contributed by atoms with Gasteiger partial charge in [-0.1, -0.05) is 13.3 Å². The predicted octanol–water partition coefficient (Wildman–Crippen LogP) is 2.41. The predicted molar refractivity (Wildman–Crippen MR) is 78.9 cm³/mol. The van der Waals surface area contributed by atoms with Crippen LogP contribution in [-0.4, -0.2) is 34.3 Å². The average Bonchev–Trinajstić information content (AvgIpc) is 2.80. The minimum absolute atomic E-state index is 0.454. The van der Waals surface area contributed by atoms with Crippen molar-refractivity contribution in [1.82, 2.24) is 14.7 Å². The standard InChI is InChI=1S/C15H28N4/c1-3-10-18-11-6-5-7-13(12-16)15(18)14-8-9-17-19(14)4-2/h8-9,13,15H,3-7,10-12,16H2,1-2H3. The summed E-state index contributed by atoms with van der Waals surface area (Å²) in [7, 11) is 0. The molecular formula is C15H28N4. The zero-order chi connectivity index (χ0) is 13.7. The Kier molecular flexibility index (Phi) is 5.40. The summed E-state index contributed by atoms with van der Waals surface area (Å²) in [6.07, 6.45) is 6.98. The van der Waals surface area contributed by atoms with Gasteiger partial charge in [0.25, 0.3) is 0 Å². The molecule has 1 saturated heterocycles. The van der Waals surface area contributed by atoms with Crippen molar-refractivity contribution >= 4 is 0 Å². The van der Waals surface area contributed by atoms with Crippen molar-refractivity contribution in [1.29, 1.82) is 0 Å². The second kappa shape index (κ2) is 7.06. The molecule has 0 saturated carbocycles. The zero-order valence-corrected chi connectivity index (χ0v) is 12.4. The van der Waals surface area contributed by atoms with E-state index in [1.54, 1.807) is 0 Å². The number of aromatic nitrogens is 2. The first-order chi connectivity index (χ1) is 9.31. The normalized spacial score (nSPS) is 25.4. The molecule has 2 N–H and O–H groups in total. The van der Waals surface area contributed by atoms with Crippen LogP contribution >= 0.6 is 0 Å². The number of aryl methyl sites for hydroxylation is 1. The van der Waals surface area contributed by atoms with Gasteiger partial charge in [-0.05, 0) is 57.8 Å². The molecule has 108 valence electrons. The Bertz CT molecular complexity index is 374. The molecule has 1 fully saturated rings. The number of rotatable bonds is 5. The van der Waals surface area contributed by atoms with E-state index in [0.29, 0.717) is 12.0 Å². The summed E-state index contributed by atoms with van der Waals surface area (Å²) in [5.41, 5.74) is 7.42. The van der Waals surface area contributed by atoms with Crippen LogP contribution in [0.25, 0.3) is 0 Å². The van der Waals surface area contributed by atoms with Crippen LogP contribution in [0, 0.1) is 5.92 Å². The first kappa shape index (κ1) is 14.5. The summed E-state index contributed by atoms with van der Waals surface area (Å²) in [6, 6.07) is 2.64. The first-order valence-corrected chi connectivity index (χ1v) is 7.77. The molecule has 1 aliphatic heterocycles. The summed E-state index contributed by atoms with van der Waals surface area (Å²) in [6.45, 7) is 8.50. The lowest BCUT2D eigenvalue weighted by Gasteiger charge is -2.34. The highest BCUT2D eigenvalue weighted by Crippen LogP contribution is 2.34. The van der Waals surface area contributed by atoms with Crippen LogP contribution in [0.15, 0.2) is 12.3 Å². The van der Waals surface area contributed by atoms with Crippen LogP contribution < -0.4 is 5.73 Å². The summed E-state index contributed by atoms with van der Waals surface area (Å²) < 4.78 is 2.14. The number of likely N-dealkylation sites (tertiary alicyclic amines) is 1. The minimum atomic E-state index is 0.454. The van der Waals surface area contributed by atoms with Gasteiger partial charge >= 0.3 is 0 Å². The van der Waals surface area contributed by atoms with Gasteiger partial charge in [-0.15, -0.1) is 0 Å². The van der Waals surface area contributed by atoms with Crippen LogP contribution in [0.2, 0.25) is 0 Å². The SMILES string of the molecule is CCCN1CCCCC(CN)C1c1ccnn1CC. The second-order valence-electron chi connectivity index (χ2n) is 5.54. The fourth-order valence-corrected chi connectivity index (χ4v) is 3.39. The highest BCUT2D eigenvalue weighted by atomic mass is 15.3. The zero-order valence-electron chi connectivity index (χ0n) is 12.4. The van der Waals surface area contributed by atoms with E-state index >= 15 is 0 Å². The van der Waals surface area contributed by atoms with Gasteiger partial charge in [-0.25, -0.2) is 0 Å². The third-order valence-corrected chi connectivity index (χ3v) is 4.28. The molecule has 2 atom stereocenters. The molecule has 0 spiro atoms. The Balaban J connectivity index is 2.31. The van der Waals surface area contributed by atoms with E-state index in [4.69, 9.17) is 5.73 Å². The Labute approximate surface area is 117 Å². The summed E-state index contributed by atoms with van der Waals surface area (Å²) in [5.74, 6) is 0.566. The van der Waals surface area contributed by atoms with E-state index in [-0.39, 0.29) is 0 Å². The van der Waals surface area contributed by atoms with Gasteiger partial charge in [0.2, 0.25) is 0 Å². The molecule has 1 aliphatic rings. The second-order valence-corrected chi connectivity index (χ2v) is 5.54. The lowest BCUT2D eigenvalue weighted by molar-refractivity contribution is 0.149. The summed E-state index contributed by atoms with van der Waals surface area (Å²) in [4.78, 5) is 2.63. The Morgan fingerprint density at radius 2 is 2.21 bits per heavy atom. The Morgan fingerprint density at radius 3 is 2.89 bits per heavy atom. The fraction of sp³-hybridized carbons (Fsp3) is 0.800. The summed E-state index contributed by atoms with van der Waals surface area (Å²) >= 11 is 0. The molecule has 0 radical (unpaired) electrons. The molecule has 19 heavy (non-hydrogen) atoms. The highest BCUT2D eigenvalue weighted by Gasteiger charge is 2.31. The van der Waals surface area contributed by atoms with E-state index in [0.717, 1.165) is 19.6 Å². The summed E-state index contributed by atoms with van der Waals surface area (Å²) in [5, 5.41) is 4.45. The van der Waals surface area contributed by atoms with Gasteiger partial charge < -0.3 is 5.73 Å². The molecule has 0 aromatic carbocycles.